The van der Waals surface area contributed by atoms with Gasteiger partial charge in [0.05, 0.1) is 123 Å². The summed E-state index contributed by atoms with van der Waals surface area (Å²) in [5.41, 5.74) is 10.6. The normalized spacial score (nSPS) is 20.3. The van der Waals surface area contributed by atoms with E-state index in [0.717, 1.165) is 39.1 Å². The van der Waals surface area contributed by atoms with Crippen LogP contribution in [-0.2, 0) is 83.8 Å². The van der Waals surface area contributed by atoms with Gasteiger partial charge in [0.25, 0.3) is 0 Å². The minimum absolute atomic E-state index is 0. The third kappa shape index (κ3) is 31.4. The minimum atomic E-state index is -4.11. The number of carbonyl (C=O) groups is 4. The summed E-state index contributed by atoms with van der Waals surface area (Å²) in [5.74, 6) is -1.65. The Hall–Kier alpha value is -9.26. The molecule has 2 unspecified atom stereocenters. The highest BCUT2D eigenvalue weighted by Gasteiger charge is 2.40. The van der Waals surface area contributed by atoms with Gasteiger partial charge in [0.15, 0.2) is 0 Å². The highest BCUT2D eigenvalue weighted by molar-refractivity contribution is 7.85. The monoisotopic (exact) mass is 2220 g/mol. The number of aliphatic hydroxyl groups excluding tert-OH is 5. The van der Waals surface area contributed by atoms with Gasteiger partial charge in [-0.15, -0.1) is 56.7 Å². The fraction of sp³-hybridized carbons (Fsp3) is 0.368. The average Bonchev–Trinajstić information content (AvgIpc) is 1.65. The molecular formula is C95H109Cl4N15O21S9. The lowest BCUT2D eigenvalue weighted by atomic mass is 9.95. The molecule has 0 amide bonds. The fourth-order valence-corrected chi connectivity index (χ4v) is 24.3. The first kappa shape index (κ1) is 115. The van der Waals surface area contributed by atoms with Crippen LogP contribution in [0.25, 0.3) is 10.9 Å². The molecule has 4 fully saturated rings. The minimum Gasteiger partial charge on any atom is -0.393 e. The van der Waals surface area contributed by atoms with E-state index < -0.39 is 89.4 Å². The maximum Gasteiger partial charge on any atom is 0.333 e. The van der Waals surface area contributed by atoms with Crippen molar-refractivity contribution in [2.45, 2.75) is 162 Å². The van der Waals surface area contributed by atoms with E-state index >= 15 is 0 Å². The van der Waals surface area contributed by atoms with Crippen LogP contribution in [0.1, 0.15) is 209 Å². The average molecular weight is 2230 g/mol. The van der Waals surface area contributed by atoms with Crippen molar-refractivity contribution in [3.05, 3.63) is 297 Å². The van der Waals surface area contributed by atoms with Gasteiger partial charge >= 0.3 is 41.2 Å². The molecule has 14 atom stereocenters. The zero-order chi connectivity index (χ0) is 101. The number of hydrogen-bond acceptors (Lipinski definition) is 36. The number of aromatic nitrogens is 9. The number of carbonyl (C=O) groups excluding carboxylic acids is 4. The van der Waals surface area contributed by atoms with E-state index in [2.05, 4.69) is 116 Å². The first-order chi connectivity index (χ1) is 67.0. The van der Waals surface area contributed by atoms with E-state index in [-0.39, 0.29) is 128 Å². The number of anilines is 2. The Labute approximate surface area is 874 Å². The largest absolute Gasteiger partial charge is 0.393 e. The molecule has 0 radical (unpaired) electrons. The van der Waals surface area contributed by atoms with Crippen molar-refractivity contribution in [2.24, 2.45) is 56.1 Å². The number of aryl methyl sites for hydroxylation is 1. The number of halogens is 4. The fourth-order valence-electron chi connectivity index (χ4n) is 17.5. The number of thiophene rings is 5. The lowest BCUT2D eigenvalue weighted by Gasteiger charge is -2.15. The van der Waals surface area contributed by atoms with Gasteiger partial charge in [-0.05, 0) is 194 Å². The zero-order valence-electron chi connectivity index (χ0n) is 75.0. The molecule has 0 bridgehead atoms. The molecule has 0 saturated heterocycles. The molecule has 0 aliphatic heterocycles. The Morgan fingerprint density at radius 1 is 0.472 bits per heavy atom. The predicted molar refractivity (Wildman–Crippen MR) is 557 cm³/mol. The first-order valence-corrected chi connectivity index (χ1v) is 55.5. The third-order valence-corrected chi connectivity index (χ3v) is 32.6. The van der Waals surface area contributed by atoms with Crippen molar-refractivity contribution in [2.75, 3.05) is 37.1 Å². The predicted octanol–water partition coefficient (Wildman–Crippen LogP) is 14.6. The smallest absolute Gasteiger partial charge is 0.333 e. The molecule has 10 heterocycles. The van der Waals surface area contributed by atoms with E-state index in [1.54, 1.807) is 24.4 Å². The first-order valence-electron chi connectivity index (χ1n) is 43.8. The topological polar surface area (TPSA) is 579 Å². The van der Waals surface area contributed by atoms with Crippen LogP contribution in [-0.4, -0.2) is 190 Å². The maximum atomic E-state index is 13.4. The number of nitrogens with one attached hydrogen (secondary N) is 2. The van der Waals surface area contributed by atoms with E-state index in [1.165, 1.54) is 112 Å². The van der Waals surface area contributed by atoms with Gasteiger partial charge in [0, 0.05) is 101 Å². The number of aliphatic hydroxyl groups is 5. The van der Waals surface area contributed by atoms with Crippen LogP contribution in [0.15, 0.2) is 182 Å². The molecule has 0 spiro atoms. The highest BCUT2D eigenvalue weighted by Crippen LogP contribution is 2.43. The van der Waals surface area contributed by atoms with E-state index in [1.807, 2.05) is 76.8 Å². The molecule has 4 saturated carbocycles. The molecule has 10 aromatic heterocycles. The zero-order valence-corrected chi connectivity index (χ0v) is 85.4. The van der Waals surface area contributed by atoms with Crippen molar-refractivity contribution in [1.29, 1.82) is 0 Å². The Morgan fingerprint density at radius 2 is 0.910 bits per heavy atom. The van der Waals surface area contributed by atoms with Gasteiger partial charge in [-0.25, -0.2) is 60.4 Å². The van der Waals surface area contributed by atoms with E-state index in [9.17, 15) is 78.4 Å². The second-order valence-electron chi connectivity index (χ2n) is 34.6. The Bertz CT molecular complexity index is 7130. The molecule has 144 heavy (non-hydrogen) atoms. The Kier molecular flexibility index (Phi) is 40.8. The van der Waals surface area contributed by atoms with Gasteiger partial charge in [-0.1, -0.05) is 130 Å². The molecule has 3 aromatic carbocycles. The van der Waals surface area contributed by atoms with Gasteiger partial charge in [-0.2, -0.15) is 33.7 Å². The van der Waals surface area contributed by atoms with Crippen molar-refractivity contribution in [3.63, 3.8) is 0 Å². The number of hydrogen-bond donors (Lipinski definition) is 11. The summed E-state index contributed by atoms with van der Waals surface area (Å²) in [6, 6.07) is 33.9. The molecule has 772 valence electrons. The van der Waals surface area contributed by atoms with E-state index in [0.29, 0.717) is 151 Å². The maximum absolute atomic E-state index is 13.4. The standard InChI is InChI=1S/C26H28N4O5S2.C23H23Cl2N3O5S2.C23H26N4O5S2.C20H20Cl2N4O6S3.3CH4/c1-16-11-30(23-5-3-2-4-20(16)23)12-18-9-25(36-14-18)26(32)21-10-28-15-29-22(21)7-17-6-19(24(31)8-17)13-35-37(27,33)34;24-18-2-1-13(5-19(18)25)3-15-8-22(34-11-15)23(30)17-9-27-12-28-20(17)6-14-4-16(21(29)7-14)10-33-35(26,31)32;1-14(15-5-3-2-4-6-15)17-8-21(33-12-17)22(29)19-10-25-13-26-23(19)27-18-7-16(20(28)9-18)11-32-34(24,30)31;21-16-2-1-14(33-16)17(28)11-5-15(34-19(11)22)18(29)12-6-24-8-25-20(12)26-10-3-9(13(27)4-10)7-32-35(23,30)31;;;/h2-5,9-11,14-15,17,19,24,31H,6-8,12-13H2,1H3,(H2,27,33,34);1-2,5,8-9,11-12,14,16,21,29H,3-4,6-7,10H2,(H2,26,31,32);2-6,8,10,12-14,16,18,20,28H,7,9,11H2,1H3,(H2,24,30,31)(H,25,26,27);1-2,5-6,8-10,13,17,27-28H,3-4,7H2,(H2,23,30,31)(H,24,25,26);3*1H4/t17-,19+,24-;14-,16+,21-;14?,16-,18-,20+;9-,10-,13+,17?;;;/m0011.../s1. The molecule has 4 aliphatic rings. The summed E-state index contributed by atoms with van der Waals surface area (Å²) in [5, 5.41) is 85.9. The number of nitrogens with two attached hydrogens (primary N) is 4. The third-order valence-electron chi connectivity index (χ3n) is 24.5. The van der Waals surface area contributed by atoms with Gasteiger partial charge in [0.1, 0.15) is 43.0 Å². The summed E-state index contributed by atoms with van der Waals surface area (Å²) in [7, 11) is -16.3. The van der Waals surface area contributed by atoms with E-state index in [4.69, 9.17) is 67.0 Å². The molecule has 17 rings (SSSR count). The van der Waals surface area contributed by atoms with Crippen LogP contribution in [0, 0.1) is 42.4 Å². The van der Waals surface area contributed by atoms with Crippen LogP contribution in [0.5, 0.6) is 0 Å². The molecular weight excluding hydrogens is 2120 g/mol. The van der Waals surface area contributed by atoms with Crippen LogP contribution in [0.4, 0.5) is 11.6 Å². The number of ketones is 4. The van der Waals surface area contributed by atoms with Crippen molar-refractivity contribution in [3.8, 4) is 0 Å². The summed E-state index contributed by atoms with van der Waals surface area (Å²) in [6.07, 6.45) is 14.4. The van der Waals surface area contributed by atoms with Crippen LogP contribution in [0.3, 0.4) is 0 Å². The molecule has 4 aliphatic carbocycles. The van der Waals surface area contributed by atoms with Gasteiger partial charge < -0.3 is 40.7 Å². The summed E-state index contributed by atoms with van der Waals surface area (Å²) >= 11 is 30.8. The Morgan fingerprint density at radius 3 is 1.40 bits per heavy atom. The quantitative estimate of drug-likeness (QED) is 0.0162. The number of nitrogens with zero attached hydrogens (tertiary/aromatic N) is 9. The molecule has 13 aromatic rings. The summed E-state index contributed by atoms with van der Waals surface area (Å²) in [4.78, 5) is 89.2. The SMILES string of the molecule is C.C.C.CC(c1ccccc1)c1csc(C(=O)c2cncnc2N[C@@H]2C[C@H](COS(N)(=O)=O)[C@@H](O)C2)c1.Cc1cn(Cc2csc(C(=O)c3cncnc3C[C@@H]3C[C@H](COS(N)(=O)=O)[C@@H](O)C3)c2)c2ccccc12.NS(=O)(=O)OC[C@H]1C[C@@H](Cc2ncncc2C(=O)c2cc(Cc3ccc(Cl)c(Cl)c3)cs2)C[C@@H]1O.NS(=O)(=O)OC[C@H]1C[C@@H](Nc2ncncc2C(=O)c2cc(C(O)c3ccc(Cl)s3)c(Cl)s2)C[C@@H]1O. The van der Waals surface area contributed by atoms with Crippen LogP contribution in [0.2, 0.25) is 18.7 Å². The van der Waals surface area contributed by atoms with Crippen molar-refractivity contribution in [1.82, 2.24) is 44.4 Å². The number of rotatable bonds is 36. The molecule has 15 N–H and O–H groups in total. The highest BCUT2D eigenvalue weighted by atomic mass is 35.5. The molecule has 36 nitrogen and oxygen atoms in total. The lowest BCUT2D eigenvalue weighted by molar-refractivity contribution is 0.0997. The Balaban J connectivity index is 0.000000182. The second-order valence-corrected chi connectivity index (χ2v) is 46.4. The number of para-hydroxylation sites is 1. The molecule has 49 heteroatoms. The lowest BCUT2D eigenvalue weighted by Crippen LogP contribution is -2.24. The van der Waals surface area contributed by atoms with Gasteiger partial charge in [-0.3, -0.25) is 35.9 Å². The van der Waals surface area contributed by atoms with Crippen LogP contribution < -0.4 is 31.2 Å². The van der Waals surface area contributed by atoms with Crippen molar-refractivity contribution < 1.29 is 95.1 Å². The van der Waals surface area contributed by atoms with Crippen molar-refractivity contribution >= 4 is 190 Å². The van der Waals surface area contributed by atoms with Crippen LogP contribution >= 0.6 is 103 Å². The summed E-state index contributed by atoms with van der Waals surface area (Å²) < 4.78 is 110. The second kappa shape index (κ2) is 51.1. The number of fused-ring (bicyclic) bond motifs is 1. The number of benzene rings is 3. The van der Waals surface area contributed by atoms with Gasteiger partial charge in [0.2, 0.25) is 23.1 Å². The summed E-state index contributed by atoms with van der Waals surface area (Å²) in [6.45, 7) is 4.07.